The van der Waals surface area contributed by atoms with Crippen molar-refractivity contribution in [3.8, 4) is 0 Å². The summed E-state index contributed by atoms with van der Waals surface area (Å²) in [5.41, 5.74) is 1.21. The van der Waals surface area contributed by atoms with Gasteiger partial charge in [0.05, 0.1) is 6.42 Å². The maximum atomic E-state index is 12.9. The zero-order valence-electron chi connectivity index (χ0n) is 11.3. The first-order chi connectivity index (χ1) is 10.1. The van der Waals surface area contributed by atoms with Gasteiger partial charge in [-0.2, -0.15) is 0 Å². The molecule has 2 aromatic carbocycles. The van der Waals surface area contributed by atoms with E-state index in [2.05, 4.69) is 0 Å². The summed E-state index contributed by atoms with van der Waals surface area (Å²) in [6.07, 6.45) is -0.0289. The molecule has 0 aliphatic heterocycles. The van der Waals surface area contributed by atoms with Crippen LogP contribution in [-0.4, -0.2) is 16.9 Å². The van der Waals surface area contributed by atoms with Crippen LogP contribution in [-0.2, 0) is 4.79 Å². The molecule has 21 heavy (non-hydrogen) atoms. The number of carboxylic acids is 1. The molecule has 0 aliphatic rings. The van der Waals surface area contributed by atoms with Crippen molar-refractivity contribution in [3.63, 3.8) is 0 Å². The van der Waals surface area contributed by atoms with Crippen LogP contribution in [0.4, 0.5) is 4.39 Å². The Morgan fingerprint density at radius 2 is 1.57 bits per heavy atom. The van der Waals surface area contributed by atoms with Crippen LogP contribution in [0.2, 0.25) is 0 Å². The Labute approximate surface area is 122 Å². The van der Waals surface area contributed by atoms with E-state index in [9.17, 15) is 14.0 Å². The summed E-state index contributed by atoms with van der Waals surface area (Å²) in [6.45, 7) is 0. The van der Waals surface area contributed by atoms with Gasteiger partial charge in [-0.15, -0.1) is 0 Å². The highest BCUT2D eigenvalue weighted by Gasteiger charge is 2.20. The first-order valence-corrected chi connectivity index (χ1v) is 6.62. The third kappa shape index (κ3) is 4.24. The summed E-state index contributed by atoms with van der Waals surface area (Å²) >= 11 is 0. The first kappa shape index (κ1) is 14.9. The molecule has 0 aliphatic carbocycles. The number of rotatable bonds is 6. The number of Topliss-reactive ketones (excluding diaryl/α,β-unsaturated/α-hetero) is 1. The number of hydrogen-bond donors (Lipinski definition) is 1. The highest BCUT2D eigenvalue weighted by molar-refractivity contribution is 5.96. The van der Waals surface area contributed by atoms with Crippen molar-refractivity contribution in [2.75, 3.05) is 0 Å². The smallest absolute Gasteiger partial charge is 0.303 e. The number of hydrogen-bond acceptors (Lipinski definition) is 2. The van der Waals surface area contributed by atoms with Crippen LogP contribution < -0.4 is 0 Å². The Morgan fingerprint density at radius 1 is 0.952 bits per heavy atom. The van der Waals surface area contributed by atoms with Crippen LogP contribution in [0, 0.1) is 5.82 Å². The zero-order chi connectivity index (χ0) is 15.2. The molecule has 0 radical (unpaired) electrons. The second-order valence-corrected chi connectivity index (χ2v) is 4.84. The molecule has 2 rings (SSSR count). The monoisotopic (exact) mass is 286 g/mol. The van der Waals surface area contributed by atoms with Gasteiger partial charge in [-0.1, -0.05) is 30.3 Å². The summed E-state index contributed by atoms with van der Waals surface area (Å²) in [4.78, 5) is 23.2. The van der Waals surface area contributed by atoms with E-state index >= 15 is 0 Å². The number of carbonyl (C=O) groups is 2. The fraction of sp³-hybridized carbons (Fsp3) is 0.176. The minimum absolute atomic E-state index is 0.0853. The molecule has 0 saturated carbocycles. The predicted octanol–water partition coefficient (Wildman–Crippen LogP) is 3.66. The zero-order valence-corrected chi connectivity index (χ0v) is 11.3. The van der Waals surface area contributed by atoms with Crippen LogP contribution >= 0.6 is 0 Å². The molecular weight excluding hydrogens is 271 g/mol. The van der Waals surface area contributed by atoms with Crippen molar-refractivity contribution in [1.82, 2.24) is 0 Å². The molecule has 4 heteroatoms. The van der Waals surface area contributed by atoms with Gasteiger partial charge in [0.1, 0.15) is 5.82 Å². The topological polar surface area (TPSA) is 54.4 Å². The normalized spacial score (nSPS) is 11.9. The molecule has 0 saturated heterocycles. The van der Waals surface area contributed by atoms with Crippen molar-refractivity contribution >= 4 is 11.8 Å². The van der Waals surface area contributed by atoms with Gasteiger partial charge in [-0.3, -0.25) is 9.59 Å². The number of aliphatic carboxylic acids is 1. The van der Waals surface area contributed by atoms with Crippen molar-refractivity contribution < 1.29 is 19.1 Å². The van der Waals surface area contributed by atoms with Gasteiger partial charge in [0, 0.05) is 17.9 Å². The molecule has 108 valence electrons. The van der Waals surface area contributed by atoms with E-state index < -0.39 is 11.8 Å². The minimum atomic E-state index is -0.948. The average Bonchev–Trinajstić information content (AvgIpc) is 2.47. The summed E-state index contributed by atoms with van der Waals surface area (Å²) in [5.74, 6) is -1.93. The predicted molar refractivity (Wildman–Crippen MR) is 76.8 cm³/mol. The minimum Gasteiger partial charge on any atom is -0.481 e. The Hall–Kier alpha value is -2.49. The second-order valence-electron chi connectivity index (χ2n) is 4.84. The molecule has 0 amide bonds. The fourth-order valence-electron chi connectivity index (χ4n) is 2.22. The Kier molecular flexibility index (Phi) is 4.82. The summed E-state index contributed by atoms with van der Waals surface area (Å²) in [7, 11) is 0. The largest absolute Gasteiger partial charge is 0.481 e. The second kappa shape index (κ2) is 6.79. The van der Waals surface area contributed by atoms with Gasteiger partial charge in [0.25, 0.3) is 0 Å². The van der Waals surface area contributed by atoms with E-state index in [1.807, 2.05) is 30.3 Å². The SMILES string of the molecule is O=C(O)C[C@@H](CC(=O)c1ccc(F)cc1)c1ccccc1. The Morgan fingerprint density at radius 3 is 2.14 bits per heavy atom. The number of carbonyl (C=O) groups excluding carboxylic acids is 1. The molecule has 1 atom stereocenters. The fourth-order valence-corrected chi connectivity index (χ4v) is 2.22. The summed E-state index contributed by atoms with van der Waals surface area (Å²) in [6, 6.07) is 14.4. The van der Waals surface area contributed by atoms with Crippen LogP contribution in [0.5, 0.6) is 0 Å². The summed E-state index contributed by atoms with van der Waals surface area (Å²) < 4.78 is 12.9. The molecule has 0 bridgehead atoms. The highest BCUT2D eigenvalue weighted by Crippen LogP contribution is 2.25. The van der Waals surface area contributed by atoms with Crippen molar-refractivity contribution in [3.05, 3.63) is 71.5 Å². The molecule has 0 fully saturated rings. The standard InChI is InChI=1S/C17H15FO3/c18-15-8-6-13(7-9-15)16(19)10-14(11-17(20)21)12-4-2-1-3-5-12/h1-9,14H,10-11H2,(H,20,21)/t14-/m1/s1. The van der Waals surface area contributed by atoms with Crippen molar-refractivity contribution in [2.45, 2.75) is 18.8 Å². The van der Waals surface area contributed by atoms with Crippen LogP contribution in [0.1, 0.15) is 34.7 Å². The number of ketones is 1. The van der Waals surface area contributed by atoms with E-state index in [1.165, 1.54) is 24.3 Å². The number of halogens is 1. The lowest BCUT2D eigenvalue weighted by Crippen LogP contribution is -2.12. The van der Waals surface area contributed by atoms with Gasteiger partial charge in [0.2, 0.25) is 0 Å². The van der Waals surface area contributed by atoms with Gasteiger partial charge in [-0.25, -0.2) is 4.39 Å². The highest BCUT2D eigenvalue weighted by atomic mass is 19.1. The van der Waals surface area contributed by atoms with Gasteiger partial charge in [-0.05, 0) is 29.8 Å². The lowest BCUT2D eigenvalue weighted by atomic mass is 9.89. The quantitative estimate of drug-likeness (QED) is 0.824. The van der Waals surface area contributed by atoms with E-state index in [0.717, 1.165) is 5.56 Å². The Bertz CT molecular complexity index is 620. The van der Waals surface area contributed by atoms with E-state index in [1.54, 1.807) is 0 Å². The average molecular weight is 286 g/mol. The molecule has 3 nitrogen and oxygen atoms in total. The van der Waals surface area contributed by atoms with E-state index in [-0.39, 0.29) is 24.5 Å². The third-order valence-electron chi connectivity index (χ3n) is 3.29. The molecule has 0 unspecified atom stereocenters. The van der Waals surface area contributed by atoms with Gasteiger partial charge in [0.15, 0.2) is 5.78 Å². The van der Waals surface area contributed by atoms with Crippen molar-refractivity contribution in [2.24, 2.45) is 0 Å². The van der Waals surface area contributed by atoms with E-state index in [0.29, 0.717) is 5.56 Å². The molecule has 1 N–H and O–H groups in total. The lowest BCUT2D eigenvalue weighted by Gasteiger charge is -2.14. The number of benzene rings is 2. The van der Waals surface area contributed by atoms with Crippen LogP contribution in [0.15, 0.2) is 54.6 Å². The molecule has 0 aromatic heterocycles. The molecule has 0 heterocycles. The van der Waals surface area contributed by atoms with Crippen LogP contribution in [0.25, 0.3) is 0 Å². The summed E-state index contributed by atoms with van der Waals surface area (Å²) in [5, 5.41) is 9.00. The number of carboxylic acid groups (broad SMARTS) is 1. The Balaban J connectivity index is 2.17. The van der Waals surface area contributed by atoms with Crippen LogP contribution in [0.3, 0.4) is 0 Å². The van der Waals surface area contributed by atoms with Gasteiger partial charge < -0.3 is 5.11 Å². The molecular formula is C17H15FO3. The first-order valence-electron chi connectivity index (χ1n) is 6.62. The molecule has 0 spiro atoms. The van der Waals surface area contributed by atoms with Crippen molar-refractivity contribution in [1.29, 1.82) is 0 Å². The van der Waals surface area contributed by atoms with E-state index in [4.69, 9.17) is 5.11 Å². The third-order valence-corrected chi connectivity index (χ3v) is 3.29. The van der Waals surface area contributed by atoms with Gasteiger partial charge >= 0.3 is 5.97 Å². The molecule has 2 aromatic rings. The lowest BCUT2D eigenvalue weighted by molar-refractivity contribution is -0.137. The maximum absolute atomic E-state index is 12.9. The maximum Gasteiger partial charge on any atom is 0.303 e.